The van der Waals surface area contributed by atoms with Gasteiger partial charge in [-0.05, 0) is 73.6 Å². The number of carbonyl (C=O) groups excluding carboxylic acids is 2. The lowest BCUT2D eigenvalue weighted by Gasteiger charge is -2.09. The van der Waals surface area contributed by atoms with E-state index in [4.69, 9.17) is 9.47 Å². The van der Waals surface area contributed by atoms with Crippen LogP contribution in [0.15, 0.2) is 58.4 Å². The summed E-state index contributed by atoms with van der Waals surface area (Å²) in [5.41, 5.74) is 1.34. The fraction of sp³-hybridized carbons (Fsp3) is 0.190. The number of ether oxygens (including phenoxy) is 2. The van der Waals surface area contributed by atoms with Gasteiger partial charge in [-0.1, -0.05) is 12.1 Å². The van der Waals surface area contributed by atoms with Crippen molar-refractivity contribution < 1.29 is 23.5 Å². The normalized spacial score (nSPS) is 16.3. The Hall–Kier alpha value is -3.13. The molecule has 150 valence electrons. The Balaban J connectivity index is 1.62. The van der Waals surface area contributed by atoms with Gasteiger partial charge in [0.1, 0.15) is 11.6 Å². The second-order valence-electron chi connectivity index (χ2n) is 6.35. The smallest absolute Gasteiger partial charge is 0.344 e. The third-order valence-corrected chi connectivity index (χ3v) is 4.52. The van der Waals surface area contributed by atoms with Gasteiger partial charge in [0.15, 0.2) is 11.8 Å². The Morgan fingerprint density at radius 2 is 1.86 bits per heavy atom. The van der Waals surface area contributed by atoms with Crippen LogP contribution in [0, 0.1) is 5.82 Å². The molecule has 1 aliphatic heterocycles. The number of aliphatic imine (C=N–C) groups is 1. The Kier molecular flexibility index (Phi) is 6.66. The predicted octanol–water partition coefficient (Wildman–Crippen LogP) is 4.05. The van der Waals surface area contributed by atoms with Crippen molar-refractivity contribution in [2.45, 2.75) is 20.0 Å². The maximum absolute atomic E-state index is 13.0. The summed E-state index contributed by atoms with van der Waals surface area (Å²) in [5, 5.41) is 3.11. The lowest BCUT2D eigenvalue weighted by molar-refractivity contribution is -0.149. The van der Waals surface area contributed by atoms with Crippen LogP contribution in [0.1, 0.15) is 19.4 Å². The SMILES string of the molecule is CC(C)OC(=O)COc1ccc(/C=C2\SC(=Nc3ccc(F)cc3)NC2=O)cc1. The highest BCUT2D eigenvalue weighted by Gasteiger charge is 2.23. The van der Waals surface area contributed by atoms with Crippen molar-refractivity contribution >= 4 is 40.6 Å². The number of carbonyl (C=O) groups is 2. The number of thioether (sulfide) groups is 1. The molecular weight excluding hydrogens is 395 g/mol. The average molecular weight is 414 g/mol. The number of rotatable bonds is 6. The molecule has 0 aromatic heterocycles. The lowest BCUT2D eigenvalue weighted by Crippen LogP contribution is -2.19. The van der Waals surface area contributed by atoms with Gasteiger partial charge in [0.2, 0.25) is 0 Å². The van der Waals surface area contributed by atoms with Crippen molar-refractivity contribution in [3.8, 4) is 5.75 Å². The Morgan fingerprint density at radius 1 is 1.17 bits per heavy atom. The molecule has 6 nitrogen and oxygen atoms in total. The number of benzene rings is 2. The monoisotopic (exact) mass is 414 g/mol. The van der Waals surface area contributed by atoms with Crippen LogP contribution in [-0.2, 0) is 14.3 Å². The minimum absolute atomic E-state index is 0.167. The first-order valence-corrected chi connectivity index (χ1v) is 9.68. The minimum Gasteiger partial charge on any atom is -0.482 e. The van der Waals surface area contributed by atoms with Crippen molar-refractivity contribution in [2.24, 2.45) is 4.99 Å². The van der Waals surface area contributed by atoms with E-state index in [1.165, 1.54) is 36.0 Å². The molecule has 1 amide bonds. The van der Waals surface area contributed by atoms with E-state index in [1.807, 2.05) is 0 Å². The fourth-order valence-electron chi connectivity index (χ4n) is 2.36. The molecule has 1 heterocycles. The van der Waals surface area contributed by atoms with E-state index in [0.717, 1.165) is 5.56 Å². The zero-order chi connectivity index (χ0) is 20.8. The zero-order valence-corrected chi connectivity index (χ0v) is 16.7. The average Bonchev–Trinajstić information content (AvgIpc) is 3.01. The predicted molar refractivity (Wildman–Crippen MR) is 110 cm³/mol. The van der Waals surface area contributed by atoms with Crippen molar-refractivity contribution in [3.05, 3.63) is 64.8 Å². The third kappa shape index (κ3) is 6.18. The highest BCUT2D eigenvalue weighted by molar-refractivity contribution is 8.18. The lowest BCUT2D eigenvalue weighted by atomic mass is 10.2. The zero-order valence-electron chi connectivity index (χ0n) is 15.8. The first-order valence-electron chi connectivity index (χ1n) is 8.86. The largest absolute Gasteiger partial charge is 0.482 e. The molecule has 0 spiro atoms. The van der Waals surface area contributed by atoms with Crippen LogP contribution < -0.4 is 10.1 Å². The van der Waals surface area contributed by atoms with Crippen LogP contribution >= 0.6 is 11.8 Å². The summed E-state index contributed by atoms with van der Waals surface area (Å²) in [4.78, 5) is 28.4. The van der Waals surface area contributed by atoms with Crippen molar-refractivity contribution in [3.63, 3.8) is 0 Å². The second-order valence-corrected chi connectivity index (χ2v) is 7.39. The van der Waals surface area contributed by atoms with E-state index in [0.29, 0.717) is 21.5 Å². The fourth-order valence-corrected chi connectivity index (χ4v) is 3.21. The third-order valence-electron chi connectivity index (χ3n) is 3.61. The molecule has 1 fully saturated rings. The molecule has 8 heteroatoms. The second kappa shape index (κ2) is 9.38. The van der Waals surface area contributed by atoms with E-state index >= 15 is 0 Å². The molecule has 0 bridgehead atoms. The summed E-state index contributed by atoms with van der Waals surface area (Å²) in [6.07, 6.45) is 1.54. The molecule has 0 unspecified atom stereocenters. The standard InChI is InChI=1S/C21H19FN2O4S/c1-13(2)28-19(25)12-27-17-9-3-14(4-10-17)11-18-20(26)24-21(29-18)23-16-7-5-15(22)6-8-16/h3-11,13H,12H2,1-2H3,(H,23,24,26)/b18-11-. The summed E-state index contributed by atoms with van der Waals surface area (Å²) >= 11 is 1.20. The molecule has 2 aromatic carbocycles. The first kappa shape index (κ1) is 20.6. The maximum Gasteiger partial charge on any atom is 0.344 e. The Labute approximate surface area is 171 Å². The molecule has 0 atom stereocenters. The van der Waals surface area contributed by atoms with Gasteiger partial charge in [-0.25, -0.2) is 14.2 Å². The Bertz CT molecular complexity index is 954. The molecule has 2 aromatic rings. The van der Waals surface area contributed by atoms with Gasteiger partial charge in [-0.15, -0.1) is 0 Å². The minimum atomic E-state index is -0.432. The molecule has 1 N–H and O–H groups in total. The summed E-state index contributed by atoms with van der Waals surface area (Å²) < 4.78 is 23.4. The van der Waals surface area contributed by atoms with E-state index < -0.39 is 5.97 Å². The Morgan fingerprint density at radius 3 is 2.52 bits per heavy atom. The van der Waals surface area contributed by atoms with Crippen LogP contribution in [0.25, 0.3) is 6.08 Å². The summed E-state index contributed by atoms with van der Waals surface area (Å²) in [5.74, 6) is -0.511. The summed E-state index contributed by atoms with van der Waals surface area (Å²) in [6.45, 7) is 3.38. The van der Waals surface area contributed by atoms with Crippen LogP contribution in [0.2, 0.25) is 0 Å². The number of amidine groups is 1. The summed E-state index contributed by atoms with van der Waals surface area (Å²) in [7, 11) is 0. The molecule has 29 heavy (non-hydrogen) atoms. The van der Waals surface area contributed by atoms with Gasteiger partial charge < -0.3 is 14.8 Å². The van der Waals surface area contributed by atoms with Crippen LogP contribution in [0.3, 0.4) is 0 Å². The van der Waals surface area contributed by atoms with Crippen LogP contribution in [0.4, 0.5) is 10.1 Å². The number of esters is 1. The number of nitrogens with zero attached hydrogens (tertiary/aromatic N) is 1. The van der Waals surface area contributed by atoms with Gasteiger partial charge in [-0.2, -0.15) is 0 Å². The van der Waals surface area contributed by atoms with E-state index in [1.54, 1.807) is 44.2 Å². The molecular formula is C21H19FN2O4S. The number of hydrogen-bond donors (Lipinski definition) is 1. The van der Waals surface area contributed by atoms with Gasteiger partial charge in [0.05, 0.1) is 16.7 Å². The van der Waals surface area contributed by atoms with Gasteiger partial charge in [0.25, 0.3) is 5.91 Å². The van der Waals surface area contributed by atoms with Crippen molar-refractivity contribution in [1.82, 2.24) is 5.32 Å². The van der Waals surface area contributed by atoms with Crippen LogP contribution in [0.5, 0.6) is 5.75 Å². The molecule has 0 radical (unpaired) electrons. The van der Waals surface area contributed by atoms with E-state index in [2.05, 4.69) is 10.3 Å². The van der Waals surface area contributed by atoms with Gasteiger partial charge in [-0.3, -0.25) is 4.79 Å². The summed E-state index contributed by atoms with van der Waals surface area (Å²) in [6, 6.07) is 12.7. The molecule has 1 saturated heterocycles. The molecule has 0 saturated carbocycles. The highest BCUT2D eigenvalue weighted by Crippen LogP contribution is 2.28. The topological polar surface area (TPSA) is 77.0 Å². The highest BCUT2D eigenvalue weighted by atomic mass is 32.2. The van der Waals surface area contributed by atoms with E-state index in [-0.39, 0.29) is 24.4 Å². The number of amides is 1. The van der Waals surface area contributed by atoms with Gasteiger partial charge >= 0.3 is 5.97 Å². The first-order chi connectivity index (χ1) is 13.9. The van der Waals surface area contributed by atoms with E-state index in [9.17, 15) is 14.0 Å². The quantitative estimate of drug-likeness (QED) is 0.570. The number of nitrogens with one attached hydrogen (secondary N) is 1. The van der Waals surface area contributed by atoms with Gasteiger partial charge in [0, 0.05) is 0 Å². The molecule has 1 aliphatic rings. The van der Waals surface area contributed by atoms with Crippen molar-refractivity contribution in [1.29, 1.82) is 0 Å². The van der Waals surface area contributed by atoms with Crippen molar-refractivity contribution in [2.75, 3.05) is 6.61 Å². The maximum atomic E-state index is 13.0. The molecule has 0 aliphatic carbocycles. The van der Waals surface area contributed by atoms with Crippen LogP contribution in [-0.4, -0.2) is 29.8 Å². The number of hydrogen-bond acceptors (Lipinski definition) is 6. The molecule has 3 rings (SSSR count). The number of halogens is 1.